The number of carbonyl (C=O) groups is 2. The summed E-state index contributed by atoms with van der Waals surface area (Å²) in [6, 6.07) is 1.30. The third-order valence-electron chi connectivity index (χ3n) is 2.02. The standard InChI is InChI=1S/C9H8N6O3/c16-8(4-15-5-11-13-14-15)12-7-3-10-2-1-6(7)9(17)18/h1-3,5H,4H2,(H,12,16)(H,17,18). The summed E-state index contributed by atoms with van der Waals surface area (Å²) >= 11 is 0. The lowest BCUT2D eigenvalue weighted by Gasteiger charge is -2.06. The Bertz CT molecular complexity index is 567. The molecule has 2 heterocycles. The Morgan fingerprint density at radius 2 is 2.28 bits per heavy atom. The zero-order valence-corrected chi connectivity index (χ0v) is 9.02. The molecule has 0 saturated carbocycles. The summed E-state index contributed by atoms with van der Waals surface area (Å²) in [4.78, 5) is 26.3. The number of tetrazole rings is 1. The lowest BCUT2D eigenvalue weighted by Crippen LogP contribution is -2.20. The van der Waals surface area contributed by atoms with E-state index in [2.05, 4.69) is 25.8 Å². The van der Waals surface area contributed by atoms with Gasteiger partial charge in [-0.3, -0.25) is 9.78 Å². The Morgan fingerprint density at radius 3 is 2.94 bits per heavy atom. The molecular weight excluding hydrogens is 240 g/mol. The maximum atomic E-state index is 11.6. The SMILES string of the molecule is O=C(Cn1cnnn1)Nc1cnccc1C(=O)O. The third kappa shape index (κ3) is 2.64. The van der Waals surface area contributed by atoms with Crippen LogP contribution in [0.15, 0.2) is 24.8 Å². The molecule has 0 atom stereocenters. The highest BCUT2D eigenvalue weighted by Crippen LogP contribution is 2.12. The lowest BCUT2D eigenvalue weighted by atomic mass is 10.2. The van der Waals surface area contributed by atoms with Crippen LogP contribution in [0.4, 0.5) is 5.69 Å². The second-order valence-corrected chi connectivity index (χ2v) is 3.28. The Balaban J connectivity index is 2.09. The number of aromatic carboxylic acids is 1. The third-order valence-corrected chi connectivity index (χ3v) is 2.02. The molecule has 0 bridgehead atoms. The molecular formula is C9H8N6O3. The lowest BCUT2D eigenvalue weighted by molar-refractivity contribution is -0.116. The maximum absolute atomic E-state index is 11.6. The molecule has 92 valence electrons. The average molecular weight is 248 g/mol. The molecule has 9 heteroatoms. The minimum Gasteiger partial charge on any atom is -0.478 e. The number of aromatic nitrogens is 5. The van der Waals surface area contributed by atoms with Crippen LogP contribution in [0.5, 0.6) is 0 Å². The fourth-order valence-electron chi connectivity index (χ4n) is 1.27. The number of carbonyl (C=O) groups excluding carboxylic acids is 1. The minimum atomic E-state index is -1.14. The fourth-order valence-corrected chi connectivity index (χ4v) is 1.27. The average Bonchev–Trinajstić information content (AvgIpc) is 2.82. The summed E-state index contributed by atoms with van der Waals surface area (Å²) in [5.74, 6) is -1.59. The van der Waals surface area contributed by atoms with Crippen molar-refractivity contribution < 1.29 is 14.7 Å². The zero-order valence-electron chi connectivity index (χ0n) is 9.02. The van der Waals surface area contributed by atoms with E-state index in [0.717, 1.165) is 0 Å². The van der Waals surface area contributed by atoms with Crippen molar-refractivity contribution in [2.45, 2.75) is 6.54 Å². The van der Waals surface area contributed by atoms with Gasteiger partial charge in [-0.15, -0.1) is 5.10 Å². The smallest absolute Gasteiger partial charge is 0.337 e. The number of hydrogen-bond donors (Lipinski definition) is 2. The van der Waals surface area contributed by atoms with Crippen molar-refractivity contribution >= 4 is 17.6 Å². The Labute approximate surface area is 100 Å². The minimum absolute atomic E-state index is 0.0323. The van der Waals surface area contributed by atoms with Crippen molar-refractivity contribution in [3.05, 3.63) is 30.4 Å². The molecule has 1 amide bonds. The number of hydrogen-bond acceptors (Lipinski definition) is 6. The van der Waals surface area contributed by atoms with Crippen LogP contribution in [-0.4, -0.2) is 42.2 Å². The van der Waals surface area contributed by atoms with Crippen molar-refractivity contribution in [2.75, 3.05) is 5.32 Å². The van der Waals surface area contributed by atoms with Gasteiger partial charge in [0.15, 0.2) is 0 Å². The van der Waals surface area contributed by atoms with Gasteiger partial charge < -0.3 is 10.4 Å². The highest BCUT2D eigenvalue weighted by atomic mass is 16.4. The molecule has 0 aliphatic carbocycles. The second kappa shape index (κ2) is 4.99. The molecule has 0 unspecified atom stereocenters. The number of carboxylic acids is 1. The van der Waals surface area contributed by atoms with Crippen molar-refractivity contribution in [3.63, 3.8) is 0 Å². The quantitative estimate of drug-likeness (QED) is 0.740. The molecule has 2 N–H and O–H groups in total. The van der Waals surface area contributed by atoms with Gasteiger partial charge in [-0.2, -0.15) is 0 Å². The van der Waals surface area contributed by atoms with E-state index < -0.39 is 11.9 Å². The summed E-state index contributed by atoms with van der Waals surface area (Å²) in [6.07, 6.45) is 3.88. The van der Waals surface area contributed by atoms with E-state index in [1.807, 2.05) is 0 Å². The Kier molecular flexibility index (Phi) is 3.23. The molecule has 0 spiro atoms. The maximum Gasteiger partial charge on any atom is 0.337 e. The molecule has 0 aliphatic rings. The summed E-state index contributed by atoms with van der Waals surface area (Å²) in [6.45, 7) is -0.110. The van der Waals surface area contributed by atoms with Crippen LogP contribution >= 0.6 is 0 Å². The van der Waals surface area contributed by atoms with Crippen LogP contribution in [0.25, 0.3) is 0 Å². The van der Waals surface area contributed by atoms with Crippen molar-refractivity contribution in [2.24, 2.45) is 0 Å². The number of nitrogens with zero attached hydrogens (tertiary/aromatic N) is 5. The van der Waals surface area contributed by atoms with E-state index in [0.29, 0.717) is 0 Å². The number of rotatable bonds is 4. The van der Waals surface area contributed by atoms with E-state index in [-0.39, 0.29) is 17.8 Å². The van der Waals surface area contributed by atoms with Gasteiger partial charge in [0, 0.05) is 6.20 Å². The molecule has 18 heavy (non-hydrogen) atoms. The molecule has 0 radical (unpaired) electrons. The van der Waals surface area contributed by atoms with E-state index in [9.17, 15) is 9.59 Å². The van der Waals surface area contributed by atoms with Crippen molar-refractivity contribution in [1.82, 2.24) is 25.2 Å². The Hall–Kier alpha value is -2.84. The van der Waals surface area contributed by atoms with Crippen LogP contribution in [-0.2, 0) is 11.3 Å². The van der Waals surface area contributed by atoms with E-state index >= 15 is 0 Å². The molecule has 2 aromatic rings. The summed E-state index contributed by atoms with van der Waals surface area (Å²) < 4.78 is 1.21. The van der Waals surface area contributed by atoms with Gasteiger partial charge >= 0.3 is 5.97 Å². The number of pyridine rings is 1. The molecule has 2 rings (SSSR count). The van der Waals surface area contributed by atoms with Gasteiger partial charge in [0.25, 0.3) is 0 Å². The summed E-state index contributed by atoms with van der Waals surface area (Å²) in [5, 5.41) is 21.6. The molecule has 0 aliphatic heterocycles. The summed E-state index contributed by atoms with van der Waals surface area (Å²) in [7, 11) is 0. The fraction of sp³-hybridized carbons (Fsp3) is 0.111. The van der Waals surface area contributed by atoms with E-state index in [4.69, 9.17) is 5.11 Å². The van der Waals surface area contributed by atoms with Crippen molar-refractivity contribution in [1.29, 1.82) is 0 Å². The van der Waals surface area contributed by atoms with E-state index in [1.54, 1.807) is 0 Å². The number of anilines is 1. The normalized spacial score (nSPS) is 10.0. The van der Waals surface area contributed by atoms with E-state index in [1.165, 1.54) is 29.5 Å². The highest BCUT2D eigenvalue weighted by molar-refractivity contribution is 6.00. The van der Waals surface area contributed by atoms with Gasteiger partial charge in [-0.05, 0) is 16.5 Å². The van der Waals surface area contributed by atoms with Crippen LogP contribution < -0.4 is 5.32 Å². The Morgan fingerprint density at radius 1 is 1.44 bits per heavy atom. The van der Waals surface area contributed by atoms with Crippen LogP contribution in [0.2, 0.25) is 0 Å². The van der Waals surface area contributed by atoms with Crippen LogP contribution in [0, 0.1) is 0 Å². The second-order valence-electron chi connectivity index (χ2n) is 3.28. The van der Waals surface area contributed by atoms with Gasteiger partial charge in [-0.1, -0.05) is 0 Å². The number of nitrogens with one attached hydrogen (secondary N) is 1. The monoisotopic (exact) mass is 248 g/mol. The van der Waals surface area contributed by atoms with Crippen LogP contribution in [0.3, 0.4) is 0 Å². The summed E-state index contributed by atoms with van der Waals surface area (Å²) in [5.41, 5.74) is 0.0955. The predicted molar refractivity (Wildman–Crippen MR) is 57.6 cm³/mol. The van der Waals surface area contributed by atoms with Gasteiger partial charge in [-0.25, -0.2) is 9.48 Å². The first-order valence-electron chi connectivity index (χ1n) is 4.85. The van der Waals surface area contributed by atoms with Gasteiger partial charge in [0.05, 0.1) is 17.4 Å². The molecule has 2 aromatic heterocycles. The molecule has 0 fully saturated rings. The van der Waals surface area contributed by atoms with Gasteiger partial charge in [0.1, 0.15) is 12.9 Å². The van der Waals surface area contributed by atoms with Crippen molar-refractivity contribution in [3.8, 4) is 0 Å². The largest absolute Gasteiger partial charge is 0.478 e. The van der Waals surface area contributed by atoms with Crippen LogP contribution in [0.1, 0.15) is 10.4 Å². The molecule has 9 nitrogen and oxygen atoms in total. The zero-order chi connectivity index (χ0) is 13.0. The first-order chi connectivity index (χ1) is 8.66. The highest BCUT2D eigenvalue weighted by Gasteiger charge is 2.12. The molecule has 0 aromatic carbocycles. The molecule has 0 saturated heterocycles. The number of amides is 1. The van der Waals surface area contributed by atoms with Gasteiger partial charge in [0.2, 0.25) is 5.91 Å². The predicted octanol–water partition coefficient (Wildman–Crippen LogP) is -0.595. The number of carboxylic acid groups (broad SMARTS) is 1. The first-order valence-corrected chi connectivity index (χ1v) is 4.85. The first kappa shape index (κ1) is 11.6. The topological polar surface area (TPSA) is 123 Å².